The van der Waals surface area contributed by atoms with Crippen LogP contribution in [0.1, 0.15) is 2.85 Å². The van der Waals surface area contributed by atoms with Crippen LogP contribution in [0.2, 0.25) is 0 Å². The second kappa shape index (κ2) is 10.1. The van der Waals surface area contributed by atoms with E-state index in [2.05, 4.69) is 0 Å². The summed E-state index contributed by atoms with van der Waals surface area (Å²) in [7, 11) is 0. The van der Waals surface area contributed by atoms with Gasteiger partial charge in [-0.15, -0.1) is 0 Å². The van der Waals surface area contributed by atoms with E-state index in [4.69, 9.17) is 15.3 Å². The van der Waals surface area contributed by atoms with Crippen molar-refractivity contribution >= 4 is 55.6 Å². The normalized spacial score (nSPS) is 8.60. The van der Waals surface area contributed by atoms with Crippen molar-refractivity contribution in [1.29, 1.82) is 0 Å². The van der Waals surface area contributed by atoms with Crippen LogP contribution in [-0.4, -0.2) is 95.5 Å². The molecule has 0 amide bonds. The number of nitrogens with zero attached hydrogens (tertiary/aromatic N) is 1. The summed E-state index contributed by atoms with van der Waals surface area (Å²) in [6, 6.07) is 0. The minimum absolute atomic E-state index is 0. The van der Waals surface area contributed by atoms with Crippen LogP contribution in [0.3, 0.4) is 0 Å². The fraction of sp³-hybridized carbons (Fsp3) is 0.500. The third-order valence-corrected chi connectivity index (χ3v) is 1.08. The number of rotatable bonds is 6. The Balaban J connectivity index is -0.000000120. The molecule has 0 aromatic heterocycles. The Bertz CT molecular complexity index is 205. The number of aliphatic carboxylic acids is 3. The standard InChI is InChI=1S/C6H9NO6.Ca.H3N.2H/c8-4(9)1-7(2-5(10)11)3-6(12)13;;;;/h1-3H2,(H,8,9)(H,10,11)(H,12,13);;1H3;;/q;+2;;2*-1. The van der Waals surface area contributed by atoms with E-state index >= 15 is 0 Å². The molecule has 0 heterocycles. The molecule has 0 aliphatic heterocycles. The average molecular weight is 250 g/mol. The van der Waals surface area contributed by atoms with E-state index in [9.17, 15) is 14.4 Å². The molecule has 0 spiro atoms. The molecule has 0 bridgehead atoms. The van der Waals surface area contributed by atoms with Crippen LogP contribution in [0.15, 0.2) is 0 Å². The van der Waals surface area contributed by atoms with Gasteiger partial charge >= 0.3 is 55.6 Å². The average Bonchev–Trinajstić information content (AvgIpc) is 1.80. The van der Waals surface area contributed by atoms with Crippen LogP contribution >= 0.6 is 0 Å². The van der Waals surface area contributed by atoms with Crippen molar-refractivity contribution in [2.45, 2.75) is 0 Å². The van der Waals surface area contributed by atoms with E-state index in [0.717, 1.165) is 4.90 Å². The number of hydrogen-bond donors (Lipinski definition) is 4. The predicted octanol–water partition coefficient (Wildman–Crippen LogP) is -1.45. The van der Waals surface area contributed by atoms with E-state index in [0.29, 0.717) is 0 Å². The summed E-state index contributed by atoms with van der Waals surface area (Å²) in [5.74, 6) is -3.78. The van der Waals surface area contributed by atoms with Gasteiger partial charge in [0, 0.05) is 0 Å². The third-order valence-electron chi connectivity index (χ3n) is 1.08. The summed E-state index contributed by atoms with van der Waals surface area (Å²) in [5.41, 5.74) is 0. The molecular formula is C6H14CaN2O6. The van der Waals surface area contributed by atoms with Gasteiger partial charge in [0.2, 0.25) is 0 Å². The summed E-state index contributed by atoms with van der Waals surface area (Å²) in [5, 5.41) is 24.8. The first kappa shape index (κ1) is 20.1. The number of hydrogen-bond acceptors (Lipinski definition) is 5. The van der Waals surface area contributed by atoms with Crippen molar-refractivity contribution in [1.82, 2.24) is 11.1 Å². The van der Waals surface area contributed by atoms with Crippen LogP contribution in [0, 0.1) is 0 Å². The first-order valence-electron chi connectivity index (χ1n) is 3.29. The molecule has 0 atom stereocenters. The molecule has 0 rings (SSSR count). The zero-order chi connectivity index (χ0) is 10.4. The second-order valence-electron chi connectivity index (χ2n) is 2.33. The number of carboxylic acid groups (broad SMARTS) is 3. The van der Waals surface area contributed by atoms with Gasteiger partial charge in [-0.3, -0.25) is 19.3 Å². The van der Waals surface area contributed by atoms with Gasteiger partial charge in [-0.2, -0.15) is 0 Å². The van der Waals surface area contributed by atoms with Gasteiger partial charge in [0.15, 0.2) is 0 Å². The Hall–Kier alpha value is -0.410. The molecule has 0 aliphatic rings. The summed E-state index contributed by atoms with van der Waals surface area (Å²) >= 11 is 0. The van der Waals surface area contributed by atoms with Gasteiger partial charge in [0.05, 0.1) is 19.6 Å². The zero-order valence-electron chi connectivity index (χ0n) is 10.0. The van der Waals surface area contributed by atoms with E-state index in [1.807, 2.05) is 0 Å². The van der Waals surface area contributed by atoms with Gasteiger partial charge in [-0.25, -0.2) is 0 Å². The minimum Gasteiger partial charge on any atom is -1.00 e. The van der Waals surface area contributed by atoms with Crippen LogP contribution in [0.5, 0.6) is 0 Å². The summed E-state index contributed by atoms with van der Waals surface area (Å²) < 4.78 is 0. The maximum atomic E-state index is 10.1. The molecule has 6 N–H and O–H groups in total. The molecule has 0 aromatic rings. The van der Waals surface area contributed by atoms with E-state index in [1.165, 1.54) is 0 Å². The van der Waals surface area contributed by atoms with Crippen molar-refractivity contribution in [3.8, 4) is 0 Å². The molecule has 0 fully saturated rings. The Morgan fingerprint density at radius 2 is 1.07 bits per heavy atom. The minimum atomic E-state index is -1.26. The fourth-order valence-electron chi connectivity index (χ4n) is 0.742. The van der Waals surface area contributed by atoms with Gasteiger partial charge in [-0.1, -0.05) is 0 Å². The molecule has 0 unspecified atom stereocenters. The zero-order valence-corrected chi connectivity index (χ0v) is 10.3. The maximum absolute atomic E-state index is 10.1. The summed E-state index contributed by atoms with van der Waals surface area (Å²) in [6.45, 7) is -1.80. The van der Waals surface area contributed by atoms with Crippen LogP contribution in [0.4, 0.5) is 0 Å². The molecule has 0 saturated carbocycles. The van der Waals surface area contributed by atoms with Crippen LogP contribution in [-0.2, 0) is 14.4 Å². The molecule has 86 valence electrons. The fourth-order valence-corrected chi connectivity index (χ4v) is 0.742. The first-order chi connectivity index (χ1) is 5.91. The summed E-state index contributed by atoms with van der Waals surface area (Å²) in [6.07, 6.45) is 0. The predicted molar refractivity (Wildman–Crippen MR) is 52.3 cm³/mol. The Morgan fingerprint density at radius 1 is 0.867 bits per heavy atom. The molecule has 9 heteroatoms. The van der Waals surface area contributed by atoms with E-state index in [-0.39, 0.29) is 46.7 Å². The van der Waals surface area contributed by atoms with Gasteiger partial charge in [0.1, 0.15) is 0 Å². The molecular weight excluding hydrogens is 236 g/mol. The van der Waals surface area contributed by atoms with Gasteiger partial charge in [0.25, 0.3) is 0 Å². The van der Waals surface area contributed by atoms with Crippen LogP contribution in [0.25, 0.3) is 0 Å². The van der Waals surface area contributed by atoms with Crippen LogP contribution < -0.4 is 6.15 Å². The molecule has 0 aliphatic carbocycles. The number of carboxylic acids is 3. The monoisotopic (exact) mass is 250 g/mol. The van der Waals surface area contributed by atoms with Crippen molar-refractivity contribution in [3.05, 3.63) is 0 Å². The largest absolute Gasteiger partial charge is 2.00 e. The van der Waals surface area contributed by atoms with E-state index in [1.54, 1.807) is 0 Å². The molecule has 0 radical (unpaired) electrons. The Labute approximate surface area is 118 Å². The summed E-state index contributed by atoms with van der Waals surface area (Å²) in [4.78, 5) is 31.2. The molecule has 15 heavy (non-hydrogen) atoms. The SMILES string of the molecule is N.O=C(O)CN(CC(=O)O)CC(=O)O.[Ca+2].[H-].[H-]. The maximum Gasteiger partial charge on any atom is 2.00 e. The molecule has 8 nitrogen and oxygen atoms in total. The quantitative estimate of drug-likeness (QED) is 0.418. The Kier molecular flexibility index (Phi) is 13.5. The van der Waals surface area contributed by atoms with E-state index < -0.39 is 37.5 Å². The van der Waals surface area contributed by atoms with Crippen molar-refractivity contribution < 1.29 is 32.6 Å². The van der Waals surface area contributed by atoms with Gasteiger partial charge in [-0.05, 0) is 0 Å². The third kappa shape index (κ3) is 13.6. The first-order valence-corrected chi connectivity index (χ1v) is 3.29. The smallest absolute Gasteiger partial charge is 1.00 e. The van der Waals surface area contributed by atoms with Crippen molar-refractivity contribution in [2.24, 2.45) is 0 Å². The van der Waals surface area contributed by atoms with Gasteiger partial charge < -0.3 is 24.3 Å². The van der Waals surface area contributed by atoms with Crippen molar-refractivity contribution in [2.75, 3.05) is 19.6 Å². The topological polar surface area (TPSA) is 150 Å². The van der Waals surface area contributed by atoms with Crippen molar-refractivity contribution in [3.63, 3.8) is 0 Å². The Morgan fingerprint density at radius 3 is 1.20 bits per heavy atom. The number of carbonyl (C=O) groups is 3. The molecule has 0 aromatic carbocycles. The molecule has 0 saturated heterocycles. The second-order valence-corrected chi connectivity index (χ2v) is 2.33.